The zero-order chi connectivity index (χ0) is 21.1. The van der Waals surface area contributed by atoms with Gasteiger partial charge in [-0.1, -0.05) is 48.7 Å². The highest BCUT2D eigenvalue weighted by atomic mass is 19.1. The van der Waals surface area contributed by atoms with E-state index < -0.39 is 29.2 Å². The third-order valence-corrected chi connectivity index (χ3v) is 5.78. The molecule has 0 spiro atoms. The van der Waals surface area contributed by atoms with Crippen LogP contribution in [0.2, 0.25) is 0 Å². The Morgan fingerprint density at radius 1 is 1.10 bits per heavy atom. The Hall–Kier alpha value is -2.96. The Kier molecular flexibility index (Phi) is 5.97. The molecule has 2 aliphatic rings. The minimum absolute atomic E-state index is 0.00785. The van der Waals surface area contributed by atoms with Gasteiger partial charge in [-0.3, -0.25) is 4.79 Å². The van der Waals surface area contributed by atoms with Gasteiger partial charge in [-0.15, -0.1) is 0 Å². The average Bonchev–Trinajstić information content (AvgIpc) is 3.23. The van der Waals surface area contributed by atoms with Gasteiger partial charge < -0.3 is 15.3 Å². The molecule has 30 heavy (non-hydrogen) atoms. The van der Waals surface area contributed by atoms with E-state index in [2.05, 4.69) is 29.4 Å². The maximum atomic E-state index is 14.3. The first-order chi connectivity index (χ1) is 14.5. The number of carbonyl (C=O) groups is 1. The fourth-order valence-electron chi connectivity index (χ4n) is 4.13. The standard InChI is InChI=1S/C23H24F2N2O3/c24-18-10-11-20(22(25)21(18)23(26)28)29-13-17-12-19(27-30-17)16-8-6-15(7-9-16)14-4-2-1-3-5-14/h6-11,14,17H,1-5,12-13H2,(H2,26,28). The first kappa shape index (κ1) is 20.3. The van der Waals surface area contributed by atoms with E-state index in [4.69, 9.17) is 15.3 Å². The van der Waals surface area contributed by atoms with Crippen molar-refractivity contribution < 1.29 is 23.1 Å². The minimum atomic E-state index is -1.19. The van der Waals surface area contributed by atoms with Crippen LogP contribution < -0.4 is 10.5 Å². The quantitative estimate of drug-likeness (QED) is 0.746. The van der Waals surface area contributed by atoms with E-state index in [0.29, 0.717) is 12.3 Å². The Labute approximate surface area is 173 Å². The van der Waals surface area contributed by atoms with Crippen LogP contribution in [0.25, 0.3) is 0 Å². The number of hydrogen-bond acceptors (Lipinski definition) is 4. The van der Waals surface area contributed by atoms with Crippen LogP contribution in [0.1, 0.15) is 65.9 Å². The summed E-state index contributed by atoms with van der Waals surface area (Å²) in [6, 6.07) is 10.5. The first-order valence-electron chi connectivity index (χ1n) is 10.3. The van der Waals surface area contributed by atoms with Crippen LogP contribution >= 0.6 is 0 Å². The topological polar surface area (TPSA) is 73.9 Å². The summed E-state index contributed by atoms with van der Waals surface area (Å²) in [6.07, 6.45) is 6.53. The van der Waals surface area contributed by atoms with Crippen molar-refractivity contribution >= 4 is 11.6 Å². The lowest BCUT2D eigenvalue weighted by Crippen LogP contribution is -2.20. The molecule has 1 aliphatic heterocycles. The van der Waals surface area contributed by atoms with Crippen molar-refractivity contribution in [2.75, 3.05) is 6.61 Å². The van der Waals surface area contributed by atoms with E-state index in [0.717, 1.165) is 23.4 Å². The van der Waals surface area contributed by atoms with Gasteiger partial charge in [-0.2, -0.15) is 0 Å². The van der Waals surface area contributed by atoms with Gasteiger partial charge in [0.25, 0.3) is 5.91 Å². The van der Waals surface area contributed by atoms with Crippen LogP contribution in [-0.2, 0) is 4.84 Å². The normalized spacial score (nSPS) is 19.3. The summed E-state index contributed by atoms with van der Waals surface area (Å²) in [5.74, 6) is -2.92. The SMILES string of the molecule is NC(=O)c1c(F)ccc(OCC2CC(c3ccc(C4CCCCC4)cc3)=NO2)c1F. The molecule has 7 heteroatoms. The Balaban J connectivity index is 1.35. The number of halogens is 2. The van der Waals surface area contributed by atoms with E-state index in [9.17, 15) is 13.6 Å². The van der Waals surface area contributed by atoms with E-state index in [1.807, 2.05) is 0 Å². The number of amides is 1. The molecule has 0 radical (unpaired) electrons. The maximum Gasteiger partial charge on any atom is 0.254 e. The molecule has 1 amide bonds. The number of benzene rings is 2. The van der Waals surface area contributed by atoms with Gasteiger partial charge in [0.15, 0.2) is 17.7 Å². The van der Waals surface area contributed by atoms with E-state index in [-0.39, 0.29) is 12.4 Å². The van der Waals surface area contributed by atoms with Gasteiger partial charge in [0, 0.05) is 6.42 Å². The third kappa shape index (κ3) is 4.30. The Morgan fingerprint density at radius 2 is 1.83 bits per heavy atom. The second-order valence-corrected chi connectivity index (χ2v) is 7.84. The largest absolute Gasteiger partial charge is 0.486 e. The lowest BCUT2D eigenvalue weighted by atomic mass is 9.84. The predicted molar refractivity (Wildman–Crippen MR) is 109 cm³/mol. The molecule has 0 saturated heterocycles. The van der Waals surface area contributed by atoms with Crippen molar-refractivity contribution in [3.8, 4) is 5.75 Å². The molecule has 0 bridgehead atoms. The molecule has 1 saturated carbocycles. The molecule has 0 aromatic heterocycles. The van der Waals surface area contributed by atoms with Gasteiger partial charge in [-0.05, 0) is 42.0 Å². The lowest BCUT2D eigenvalue weighted by Gasteiger charge is -2.22. The van der Waals surface area contributed by atoms with Crippen molar-refractivity contribution in [1.29, 1.82) is 0 Å². The monoisotopic (exact) mass is 414 g/mol. The zero-order valence-corrected chi connectivity index (χ0v) is 16.6. The fourth-order valence-corrected chi connectivity index (χ4v) is 4.13. The molecule has 1 heterocycles. The second-order valence-electron chi connectivity index (χ2n) is 7.84. The number of carbonyl (C=O) groups excluding carboxylic acids is 1. The van der Waals surface area contributed by atoms with Crippen LogP contribution in [-0.4, -0.2) is 24.3 Å². The van der Waals surface area contributed by atoms with Crippen molar-refractivity contribution in [2.45, 2.75) is 50.5 Å². The van der Waals surface area contributed by atoms with Crippen molar-refractivity contribution in [1.82, 2.24) is 0 Å². The molecule has 1 fully saturated rings. The van der Waals surface area contributed by atoms with Gasteiger partial charge >= 0.3 is 0 Å². The highest BCUT2D eigenvalue weighted by Crippen LogP contribution is 2.33. The molecule has 1 unspecified atom stereocenters. The predicted octanol–water partition coefficient (Wildman–Crippen LogP) is 4.68. The Bertz CT molecular complexity index is 954. The molecule has 2 aromatic rings. The van der Waals surface area contributed by atoms with E-state index in [1.165, 1.54) is 37.7 Å². The van der Waals surface area contributed by atoms with Crippen molar-refractivity contribution in [3.63, 3.8) is 0 Å². The number of hydrogen-bond donors (Lipinski definition) is 1. The average molecular weight is 414 g/mol. The summed E-state index contributed by atoms with van der Waals surface area (Å²) < 4.78 is 33.2. The summed E-state index contributed by atoms with van der Waals surface area (Å²) in [5, 5.41) is 4.13. The van der Waals surface area contributed by atoms with Crippen molar-refractivity contribution in [3.05, 3.63) is 64.7 Å². The lowest BCUT2D eigenvalue weighted by molar-refractivity contribution is 0.0458. The van der Waals surface area contributed by atoms with Crippen LogP contribution in [0.5, 0.6) is 5.75 Å². The van der Waals surface area contributed by atoms with E-state index >= 15 is 0 Å². The molecular weight excluding hydrogens is 390 g/mol. The fraction of sp³-hybridized carbons (Fsp3) is 0.391. The Morgan fingerprint density at radius 3 is 2.53 bits per heavy atom. The summed E-state index contributed by atoms with van der Waals surface area (Å²) >= 11 is 0. The number of oxime groups is 1. The summed E-state index contributed by atoms with van der Waals surface area (Å²) in [5.41, 5.74) is 7.37. The molecular formula is C23H24F2N2O3. The number of nitrogens with zero attached hydrogens (tertiary/aromatic N) is 1. The van der Waals surface area contributed by atoms with Crippen LogP contribution in [0, 0.1) is 11.6 Å². The molecule has 1 aliphatic carbocycles. The smallest absolute Gasteiger partial charge is 0.254 e. The number of primary amides is 1. The molecule has 2 aromatic carbocycles. The van der Waals surface area contributed by atoms with Gasteiger partial charge in [0.1, 0.15) is 18.0 Å². The molecule has 5 nitrogen and oxygen atoms in total. The first-order valence-corrected chi connectivity index (χ1v) is 10.3. The molecule has 158 valence electrons. The molecule has 1 atom stereocenters. The molecule has 2 N–H and O–H groups in total. The third-order valence-electron chi connectivity index (χ3n) is 5.78. The maximum absolute atomic E-state index is 14.3. The highest BCUT2D eigenvalue weighted by Gasteiger charge is 2.25. The van der Waals surface area contributed by atoms with Crippen molar-refractivity contribution in [2.24, 2.45) is 10.9 Å². The van der Waals surface area contributed by atoms with Crippen LogP contribution in [0.4, 0.5) is 8.78 Å². The van der Waals surface area contributed by atoms with Crippen LogP contribution in [0.3, 0.4) is 0 Å². The van der Waals surface area contributed by atoms with Gasteiger partial charge in [0.2, 0.25) is 0 Å². The number of nitrogens with two attached hydrogens (primary N) is 1. The minimum Gasteiger partial charge on any atom is -0.486 e. The second kappa shape index (κ2) is 8.81. The zero-order valence-electron chi connectivity index (χ0n) is 16.6. The summed E-state index contributed by atoms with van der Waals surface area (Å²) in [7, 11) is 0. The number of ether oxygens (including phenoxy) is 1. The van der Waals surface area contributed by atoms with Gasteiger partial charge in [0.05, 0.1) is 5.71 Å². The highest BCUT2D eigenvalue weighted by molar-refractivity contribution is 6.01. The van der Waals surface area contributed by atoms with E-state index in [1.54, 1.807) is 0 Å². The van der Waals surface area contributed by atoms with Crippen LogP contribution in [0.15, 0.2) is 41.6 Å². The summed E-state index contributed by atoms with van der Waals surface area (Å²) in [6.45, 7) is 0.00785. The number of rotatable bonds is 6. The van der Waals surface area contributed by atoms with Gasteiger partial charge in [-0.25, -0.2) is 8.78 Å². The summed E-state index contributed by atoms with van der Waals surface area (Å²) in [4.78, 5) is 16.6. The molecule has 4 rings (SSSR count).